The Hall–Kier alpha value is -1.75. The number of methoxy groups -OCH3 is 1. The highest BCUT2D eigenvalue weighted by molar-refractivity contribution is 5.88. The van der Waals surface area contributed by atoms with E-state index in [1.54, 1.807) is 6.07 Å². The van der Waals surface area contributed by atoms with Crippen LogP contribution in [0, 0.1) is 5.92 Å². The molecule has 0 spiro atoms. The summed E-state index contributed by atoms with van der Waals surface area (Å²) in [6.07, 6.45) is 1.95. The molecule has 1 aliphatic rings. The minimum Gasteiger partial charge on any atom is -0.493 e. The second kappa shape index (κ2) is 6.43. The molecular weight excluding hydrogens is 248 g/mol. The van der Waals surface area contributed by atoms with Crippen molar-refractivity contribution >= 4 is 5.97 Å². The third kappa shape index (κ3) is 3.61. The molecule has 0 bridgehead atoms. The summed E-state index contributed by atoms with van der Waals surface area (Å²) in [5, 5.41) is 8.98. The standard InChI is InChI=1S/C14H18O5/c1-17-12-3-2-11(14(15)16)8-13(12)19-9-10-4-6-18-7-5-10/h2-3,8,10H,4-7,9H2,1H3,(H,15,16). The largest absolute Gasteiger partial charge is 0.493 e. The van der Waals surface area contributed by atoms with E-state index in [0.717, 1.165) is 26.1 Å². The summed E-state index contributed by atoms with van der Waals surface area (Å²) in [4.78, 5) is 10.9. The van der Waals surface area contributed by atoms with Gasteiger partial charge in [-0.15, -0.1) is 0 Å². The zero-order valence-electron chi connectivity index (χ0n) is 10.9. The van der Waals surface area contributed by atoms with Crippen molar-refractivity contribution in [2.24, 2.45) is 5.92 Å². The number of ether oxygens (including phenoxy) is 3. The van der Waals surface area contributed by atoms with Gasteiger partial charge in [-0.25, -0.2) is 4.79 Å². The van der Waals surface area contributed by atoms with Gasteiger partial charge in [0.15, 0.2) is 11.5 Å². The number of hydrogen-bond acceptors (Lipinski definition) is 4. The Labute approximate surface area is 112 Å². The van der Waals surface area contributed by atoms with Crippen molar-refractivity contribution in [1.29, 1.82) is 0 Å². The van der Waals surface area contributed by atoms with E-state index in [-0.39, 0.29) is 5.56 Å². The van der Waals surface area contributed by atoms with Crippen molar-refractivity contribution < 1.29 is 24.1 Å². The van der Waals surface area contributed by atoms with Crippen LogP contribution >= 0.6 is 0 Å². The van der Waals surface area contributed by atoms with E-state index in [0.29, 0.717) is 24.0 Å². The molecule has 5 nitrogen and oxygen atoms in total. The van der Waals surface area contributed by atoms with Crippen LogP contribution in [0.4, 0.5) is 0 Å². The molecular formula is C14H18O5. The van der Waals surface area contributed by atoms with Crippen LogP contribution in [0.5, 0.6) is 11.5 Å². The lowest BCUT2D eigenvalue weighted by molar-refractivity contribution is 0.0493. The van der Waals surface area contributed by atoms with Gasteiger partial charge in [-0.3, -0.25) is 0 Å². The maximum atomic E-state index is 10.9. The Kier molecular flexibility index (Phi) is 4.63. The van der Waals surface area contributed by atoms with Crippen molar-refractivity contribution in [3.63, 3.8) is 0 Å². The molecule has 1 aromatic carbocycles. The number of carboxylic acid groups (broad SMARTS) is 1. The molecule has 1 saturated heterocycles. The molecule has 0 radical (unpaired) electrons. The van der Waals surface area contributed by atoms with E-state index in [9.17, 15) is 4.79 Å². The fourth-order valence-corrected chi connectivity index (χ4v) is 2.04. The maximum absolute atomic E-state index is 10.9. The second-order valence-corrected chi connectivity index (χ2v) is 4.54. The molecule has 19 heavy (non-hydrogen) atoms. The van der Waals surface area contributed by atoms with Gasteiger partial charge in [-0.1, -0.05) is 0 Å². The Bertz CT molecular complexity index is 437. The van der Waals surface area contributed by atoms with Crippen molar-refractivity contribution in [2.75, 3.05) is 26.9 Å². The Balaban J connectivity index is 2.04. The number of rotatable bonds is 5. The summed E-state index contributed by atoms with van der Waals surface area (Å²) in [5.74, 6) is 0.511. The lowest BCUT2D eigenvalue weighted by Gasteiger charge is -2.22. The van der Waals surface area contributed by atoms with E-state index >= 15 is 0 Å². The topological polar surface area (TPSA) is 65.0 Å². The minimum atomic E-state index is -0.974. The van der Waals surface area contributed by atoms with Gasteiger partial charge in [-0.2, -0.15) is 0 Å². The monoisotopic (exact) mass is 266 g/mol. The van der Waals surface area contributed by atoms with Crippen molar-refractivity contribution in [3.8, 4) is 11.5 Å². The van der Waals surface area contributed by atoms with E-state index in [2.05, 4.69) is 0 Å². The molecule has 1 N–H and O–H groups in total. The molecule has 0 saturated carbocycles. The molecule has 0 atom stereocenters. The Morgan fingerprint density at radius 3 is 2.74 bits per heavy atom. The van der Waals surface area contributed by atoms with Gasteiger partial charge in [-0.05, 0) is 37.0 Å². The first-order valence-electron chi connectivity index (χ1n) is 6.32. The van der Waals surface area contributed by atoms with Gasteiger partial charge in [0.1, 0.15) is 0 Å². The third-order valence-electron chi connectivity index (χ3n) is 3.23. The molecule has 0 aromatic heterocycles. The average Bonchev–Trinajstić information content (AvgIpc) is 2.45. The van der Waals surface area contributed by atoms with Crippen LogP contribution in [0.15, 0.2) is 18.2 Å². The van der Waals surface area contributed by atoms with Crippen LogP contribution in [0.3, 0.4) is 0 Å². The van der Waals surface area contributed by atoms with Gasteiger partial charge >= 0.3 is 5.97 Å². The highest BCUT2D eigenvalue weighted by Crippen LogP contribution is 2.29. The van der Waals surface area contributed by atoms with Crippen LogP contribution in [0.2, 0.25) is 0 Å². The first kappa shape index (κ1) is 13.7. The van der Waals surface area contributed by atoms with Crippen molar-refractivity contribution in [1.82, 2.24) is 0 Å². The molecule has 104 valence electrons. The zero-order chi connectivity index (χ0) is 13.7. The number of carbonyl (C=O) groups is 1. The molecule has 0 amide bonds. The van der Waals surface area contributed by atoms with E-state index in [1.165, 1.54) is 19.2 Å². The van der Waals surface area contributed by atoms with Gasteiger partial charge in [0.05, 0.1) is 19.3 Å². The van der Waals surface area contributed by atoms with Gasteiger partial charge in [0, 0.05) is 13.2 Å². The molecule has 0 aliphatic carbocycles. The first-order chi connectivity index (χ1) is 9.20. The molecule has 1 aliphatic heterocycles. The normalized spacial score (nSPS) is 16.1. The van der Waals surface area contributed by atoms with Crippen molar-refractivity contribution in [2.45, 2.75) is 12.8 Å². The first-order valence-corrected chi connectivity index (χ1v) is 6.32. The van der Waals surface area contributed by atoms with Crippen LogP contribution < -0.4 is 9.47 Å². The van der Waals surface area contributed by atoms with Crippen LogP contribution in [0.25, 0.3) is 0 Å². The molecule has 0 unspecified atom stereocenters. The van der Waals surface area contributed by atoms with E-state index < -0.39 is 5.97 Å². The molecule has 1 aromatic rings. The van der Waals surface area contributed by atoms with Gasteiger partial charge in [0.2, 0.25) is 0 Å². The minimum absolute atomic E-state index is 0.197. The lowest BCUT2D eigenvalue weighted by atomic mass is 10.0. The van der Waals surface area contributed by atoms with Crippen molar-refractivity contribution in [3.05, 3.63) is 23.8 Å². The predicted molar refractivity (Wildman–Crippen MR) is 69.0 cm³/mol. The van der Waals surface area contributed by atoms with E-state index in [1.807, 2.05) is 0 Å². The van der Waals surface area contributed by atoms with Gasteiger partial charge in [0.25, 0.3) is 0 Å². The summed E-state index contributed by atoms with van der Waals surface area (Å²) >= 11 is 0. The Morgan fingerprint density at radius 1 is 1.37 bits per heavy atom. The van der Waals surface area contributed by atoms with E-state index in [4.69, 9.17) is 19.3 Å². The smallest absolute Gasteiger partial charge is 0.335 e. The summed E-state index contributed by atoms with van der Waals surface area (Å²) in [6.45, 7) is 2.09. The number of benzene rings is 1. The van der Waals surface area contributed by atoms with Crippen LogP contribution in [-0.2, 0) is 4.74 Å². The maximum Gasteiger partial charge on any atom is 0.335 e. The highest BCUT2D eigenvalue weighted by atomic mass is 16.5. The van der Waals surface area contributed by atoms with Crippen LogP contribution in [0.1, 0.15) is 23.2 Å². The average molecular weight is 266 g/mol. The molecule has 1 fully saturated rings. The SMILES string of the molecule is COc1ccc(C(=O)O)cc1OCC1CCOCC1. The quantitative estimate of drug-likeness (QED) is 0.885. The molecule has 1 heterocycles. The zero-order valence-corrected chi connectivity index (χ0v) is 10.9. The molecule has 2 rings (SSSR count). The third-order valence-corrected chi connectivity index (χ3v) is 3.23. The summed E-state index contributed by atoms with van der Waals surface area (Å²) in [6, 6.07) is 4.62. The van der Waals surface area contributed by atoms with Crippen LogP contribution in [-0.4, -0.2) is 38.0 Å². The fourth-order valence-electron chi connectivity index (χ4n) is 2.04. The number of carboxylic acids is 1. The predicted octanol–water partition coefficient (Wildman–Crippen LogP) is 2.20. The fraction of sp³-hybridized carbons (Fsp3) is 0.500. The highest BCUT2D eigenvalue weighted by Gasteiger charge is 2.16. The van der Waals surface area contributed by atoms with Gasteiger partial charge < -0.3 is 19.3 Å². The summed E-state index contributed by atoms with van der Waals surface area (Å²) in [7, 11) is 1.54. The lowest BCUT2D eigenvalue weighted by Crippen LogP contribution is -2.21. The second-order valence-electron chi connectivity index (χ2n) is 4.54. The Morgan fingerprint density at radius 2 is 2.11 bits per heavy atom. The number of aromatic carboxylic acids is 1. The molecule has 5 heteroatoms. The summed E-state index contributed by atoms with van der Waals surface area (Å²) < 4.78 is 16.2. The summed E-state index contributed by atoms with van der Waals surface area (Å²) in [5.41, 5.74) is 0.197. The number of hydrogen-bond donors (Lipinski definition) is 1.